The zero-order valence-corrected chi connectivity index (χ0v) is 8.55. The fourth-order valence-electron chi connectivity index (χ4n) is 1.31. The van der Waals surface area contributed by atoms with Gasteiger partial charge in [0, 0.05) is 5.69 Å². The number of nitriles is 1. The summed E-state index contributed by atoms with van der Waals surface area (Å²) in [5.41, 5.74) is 6.76. The molecule has 0 aliphatic rings. The lowest BCUT2D eigenvalue weighted by Gasteiger charge is -2.06. The molecule has 3 heteroatoms. The van der Waals surface area contributed by atoms with E-state index in [0.717, 1.165) is 0 Å². The second kappa shape index (κ2) is 4.37. The monoisotopic (exact) mass is 210 g/mol. The highest BCUT2D eigenvalue weighted by molar-refractivity contribution is 5.47. The first-order chi connectivity index (χ1) is 7.79. The molecule has 0 aliphatic carbocycles. The Hall–Kier alpha value is -2.47. The van der Waals surface area contributed by atoms with Crippen molar-refractivity contribution in [2.75, 3.05) is 5.73 Å². The van der Waals surface area contributed by atoms with Gasteiger partial charge in [0.05, 0.1) is 5.56 Å². The highest BCUT2D eigenvalue weighted by Gasteiger charge is 2.02. The Kier molecular flexibility index (Phi) is 2.75. The molecule has 2 N–H and O–H groups in total. The number of anilines is 1. The molecule has 0 heterocycles. The molecule has 0 amide bonds. The Morgan fingerprint density at radius 2 is 1.69 bits per heavy atom. The van der Waals surface area contributed by atoms with E-state index in [-0.39, 0.29) is 0 Å². The Morgan fingerprint density at radius 1 is 1.00 bits per heavy atom. The SMILES string of the molecule is N#Cc1ccccc1Oc1ccc(N)cc1. The fraction of sp³-hybridized carbons (Fsp3) is 0. The van der Waals surface area contributed by atoms with E-state index >= 15 is 0 Å². The molecule has 0 atom stereocenters. The summed E-state index contributed by atoms with van der Waals surface area (Å²) in [7, 11) is 0. The van der Waals surface area contributed by atoms with Crippen molar-refractivity contribution in [2.24, 2.45) is 0 Å². The maximum absolute atomic E-state index is 8.89. The Balaban J connectivity index is 2.27. The first-order valence-electron chi connectivity index (χ1n) is 4.82. The minimum atomic E-state index is 0.513. The second-order valence-corrected chi connectivity index (χ2v) is 3.28. The lowest BCUT2D eigenvalue weighted by atomic mass is 10.2. The van der Waals surface area contributed by atoms with E-state index in [1.807, 2.05) is 6.07 Å². The normalized spacial score (nSPS) is 9.44. The van der Waals surface area contributed by atoms with Gasteiger partial charge in [-0.3, -0.25) is 0 Å². The molecule has 0 aliphatic heterocycles. The zero-order chi connectivity index (χ0) is 11.4. The van der Waals surface area contributed by atoms with Gasteiger partial charge in [-0.25, -0.2) is 0 Å². The average molecular weight is 210 g/mol. The Morgan fingerprint density at radius 3 is 2.38 bits per heavy atom. The van der Waals surface area contributed by atoms with Gasteiger partial charge in [0.1, 0.15) is 17.6 Å². The number of ether oxygens (including phenoxy) is 1. The largest absolute Gasteiger partial charge is 0.456 e. The molecular formula is C13H10N2O. The van der Waals surface area contributed by atoms with E-state index in [9.17, 15) is 0 Å². The van der Waals surface area contributed by atoms with Crippen molar-refractivity contribution in [3.8, 4) is 17.6 Å². The summed E-state index contributed by atoms with van der Waals surface area (Å²) >= 11 is 0. The maximum atomic E-state index is 8.89. The van der Waals surface area contributed by atoms with Crippen LogP contribution in [0.15, 0.2) is 48.5 Å². The number of rotatable bonds is 2. The van der Waals surface area contributed by atoms with Crippen molar-refractivity contribution < 1.29 is 4.74 Å². The number of nitrogen functional groups attached to an aromatic ring is 1. The average Bonchev–Trinajstić information content (AvgIpc) is 2.33. The Bertz CT molecular complexity index is 526. The van der Waals surface area contributed by atoms with Crippen LogP contribution in [0.2, 0.25) is 0 Å². The zero-order valence-electron chi connectivity index (χ0n) is 8.55. The van der Waals surface area contributed by atoms with Gasteiger partial charge in [0.25, 0.3) is 0 Å². The van der Waals surface area contributed by atoms with Crippen molar-refractivity contribution in [3.05, 3.63) is 54.1 Å². The van der Waals surface area contributed by atoms with Crippen LogP contribution in [-0.2, 0) is 0 Å². The minimum Gasteiger partial charge on any atom is -0.456 e. The third-order valence-corrected chi connectivity index (χ3v) is 2.12. The summed E-state index contributed by atoms with van der Waals surface area (Å²) < 4.78 is 5.58. The molecule has 0 radical (unpaired) electrons. The van der Waals surface area contributed by atoms with Crippen molar-refractivity contribution in [1.82, 2.24) is 0 Å². The fourth-order valence-corrected chi connectivity index (χ4v) is 1.31. The number of nitrogens with two attached hydrogens (primary N) is 1. The minimum absolute atomic E-state index is 0.513. The molecule has 0 bridgehead atoms. The molecule has 0 aromatic heterocycles. The molecule has 0 saturated carbocycles. The van der Waals surface area contributed by atoms with E-state index in [1.165, 1.54) is 0 Å². The van der Waals surface area contributed by atoms with Gasteiger partial charge in [-0.1, -0.05) is 12.1 Å². The van der Waals surface area contributed by atoms with Gasteiger partial charge < -0.3 is 10.5 Å². The lowest BCUT2D eigenvalue weighted by molar-refractivity contribution is 0.481. The van der Waals surface area contributed by atoms with Gasteiger partial charge in [-0.05, 0) is 36.4 Å². The van der Waals surface area contributed by atoms with E-state index in [0.29, 0.717) is 22.7 Å². The van der Waals surface area contributed by atoms with Crippen LogP contribution < -0.4 is 10.5 Å². The van der Waals surface area contributed by atoms with Crippen LogP contribution in [0.4, 0.5) is 5.69 Å². The van der Waals surface area contributed by atoms with E-state index in [4.69, 9.17) is 15.7 Å². The number of hydrogen-bond acceptors (Lipinski definition) is 3. The third-order valence-electron chi connectivity index (χ3n) is 2.12. The molecule has 0 unspecified atom stereocenters. The molecular weight excluding hydrogens is 200 g/mol. The van der Waals surface area contributed by atoms with Crippen LogP contribution in [0.1, 0.15) is 5.56 Å². The van der Waals surface area contributed by atoms with Crippen molar-refractivity contribution in [3.63, 3.8) is 0 Å². The quantitative estimate of drug-likeness (QED) is 0.775. The smallest absolute Gasteiger partial charge is 0.145 e. The first kappa shape index (κ1) is 10.1. The number of hydrogen-bond donors (Lipinski definition) is 1. The van der Waals surface area contributed by atoms with Gasteiger partial charge in [0.2, 0.25) is 0 Å². The third kappa shape index (κ3) is 2.12. The van der Waals surface area contributed by atoms with Crippen LogP contribution in [-0.4, -0.2) is 0 Å². The van der Waals surface area contributed by atoms with Crippen LogP contribution in [0, 0.1) is 11.3 Å². The molecule has 3 nitrogen and oxygen atoms in total. The topological polar surface area (TPSA) is 59.0 Å². The predicted molar refractivity (Wildman–Crippen MR) is 62.1 cm³/mol. The molecule has 78 valence electrons. The second-order valence-electron chi connectivity index (χ2n) is 3.28. The van der Waals surface area contributed by atoms with Crippen molar-refractivity contribution in [1.29, 1.82) is 5.26 Å². The van der Waals surface area contributed by atoms with Gasteiger partial charge in [-0.2, -0.15) is 5.26 Å². The van der Waals surface area contributed by atoms with Gasteiger partial charge in [-0.15, -0.1) is 0 Å². The molecule has 16 heavy (non-hydrogen) atoms. The van der Waals surface area contributed by atoms with E-state index in [2.05, 4.69) is 6.07 Å². The molecule has 2 rings (SSSR count). The summed E-state index contributed by atoms with van der Waals surface area (Å²) in [6, 6.07) is 16.2. The van der Waals surface area contributed by atoms with Crippen molar-refractivity contribution >= 4 is 5.69 Å². The highest BCUT2D eigenvalue weighted by Crippen LogP contribution is 2.25. The summed E-state index contributed by atoms with van der Waals surface area (Å²) in [6.07, 6.45) is 0. The molecule has 2 aromatic rings. The van der Waals surface area contributed by atoms with Gasteiger partial charge >= 0.3 is 0 Å². The predicted octanol–water partition coefficient (Wildman–Crippen LogP) is 2.93. The number of para-hydroxylation sites is 1. The summed E-state index contributed by atoms with van der Waals surface area (Å²) in [4.78, 5) is 0. The van der Waals surface area contributed by atoms with E-state index in [1.54, 1.807) is 42.5 Å². The molecule has 0 spiro atoms. The van der Waals surface area contributed by atoms with Crippen LogP contribution >= 0.6 is 0 Å². The lowest BCUT2D eigenvalue weighted by Crippen LogP contribution is -1.88. The summed E-state index contributed by atoms with van der Waals surface area (Å²) in [5, 5.41) is 8.89. The van der Waals surface area contributed by atoms with Crippen LogP contribution in [0.3, 0.4) is 0 Å². The van der Waals surface area contributed by atoms with Gasteiger partial charge in [0.15, 0.2) is 0 Å². The summed E-state index contributed by atoms with van der Waals surface area (Å²) in [6.45, 7) is 0. The van der Waals surface area contributed by atoms with Crippen molar-refractivity contribution in [2.45, 2.75) is 0 Å². The van der Waals surface area contributed by atoms with Crippen LogP contribution in [0.25, 0.3) is 0 Å². The standard InChI is InChI=1S/C13H10N2O/c14-9-10-3-1-2-4-13(10)16-12-7-5-11(15)6-8-12/h1-8H,15H2. The first-order valence-corrected chi connectivity index (χ1v) is 4.82. The molecule has 0 saturated heterocycles. The summed E-state index contributed by atoms with van der Waals surface area (Å²) in [5.74, 6) is 1.21. The van der Waals surface area contributed by atoms with E-state index < -0.39 is 0 Å². The Labute approximate surface area is 93.7 Å². The molecule has 0 fully saturated rings. The molecule has 2 aromatic carbocycles. The van der Waals surface area contributed by atoms with Crippen LogP contribution in [0.5, 0.6) is 11.5 Å². The number of benzene rings is 2. The number of nitrogens with zero attached hydrogens (tertiary/aromatic N) is 1. The highest BCUT2D eigenvalue weighted by atomic mass is 16.5. The maximum Gasteiger partial charge on any atom is 0.145 e.